The highest BCUT2D eigenvalue weighted by Crippen LogP contribution is 2.40. The first kappa shape index (κ1) is 11.5. The lowest BCUT2D eigenvalue weighted by Crippen LogP contribution is -2.34. The van der Waals surface area contributed by atoms with Crippen LogP contribution in [0.5, 0.6) is 0 Å². The monoisotopic (exact) mass is 225 g/mol. The highest BCUT2D eigenvalue weighted by Gasteiger charge is 2.40. The van der Waals surface area contributed by atoms with Crippen molar-refractivity contribution >= 4 is 0 Å². The zero-order valence-electron chi connectivity index (χ0n) is 9.90. The number of nitrogens with two attached hydrogens (primary N) is 1. The third-order valence-corrected chi connectivity index (χ3v) is 3.52. The summed E-state index contributed by atoms with van der Waals surface area (Å²) in [5.41, 5.74) is 5.10. The van der Waals surface area contributed by atoms with Crippen LogP contribution in [0, 0.1) is 5.92 Å². The molecule has 2 rings (SSSR count). The zero-order valence-corrected chi connectivity index (χ0v) is 9.90. The molecule has 16 heavy (non-hydrogen) atoms. The average Bonchev–Trinajstić information content (AvgIpc) is 2.80. The molecule has 0 bridgehead atoms. The lowest BCUT2D eigenvalue weighted by Gasteiger charge is -2.35. The third kappa shape index (κ3) is 1.97. The highest BCUT2D eigenvalue weighted by molar-refractivity contribution is 5.03. The van der Waals surface area contributed by atoms with E-state index in [0.29, 0.717) is 11.7 Å². The minimum absolute atomic E-state index is 0.281. The quantitative estimate of drug-likeness (QED) is 0.845. The topological polar surface area (TPSA) is 74.2 Å². The van der Waals surface area contributed by atoms with Gasteiger partial charge in [0, 0.05) is 7.11 Å². The lowest BCUT2D eigenvalue weighted by molar-refractivity contribution is -0.0609. The van der Waals surface area contributed by atoms with E-state index in [9.17, 15) is 0 Å². The molecule has 0 unspecified atom stereocenters. The van der Waals surface area contributed by atoms with Crippen molar-refractivity contribution in [3.8, 4) is 0 Å². The molecule has 1 saturated carbocycles. The summed E-state index contributed by atoms with van der Waals surface area (Å²) in [5, 5.41) is 3.99. The normalized spacial score (nSPS) is 30.6. The van der Waals surface area contributed by atoms with Crippen LogP contribution in [0.15, 0.2) is 4.52 Å². The second-order valence-electron chi connectivity index (χ2n) is 4.60. The largest absolute Gasteiger partial charge is 0.370 e. The van der Waals surface area contributed by atoms with E-state index in [-0.39, 0.29) is 12.1 Å². The Morgan fingerprint density at radius 1 is 1.50 bits per heavy atom. The maximum atomic E-state index is 5.65. The Hall–Kier alpha value is -0.940. The van der Waals surface area contributed by atoms with Gasteiger partial charge in [0.25, 0.3) is 0 Å². The molecule has 0 spiro atoms. The van der Waals surface area contributed by atoms with E-state index in [4.69, 9.17) is 15.0 Å². The molecular formula is C11H19N3O2. The molecule has 0 amide bonds. The Kier molecular flexibility index (Phi) is 3.25. The van der Waals surface area contributed by atoms with E-state index in [2.05, 4.69) is 17.1 Å². The maximum absolute atomic E-state index is 5.65. The van der Waals surface area contributed by atoms with Crippen molar-refractivity contribution in [3.63, 3.8) is 0 Å². The second kappa shape index (κ2) is 4.51. The standard InChI is InChI=1S/C11H19N3O2/c1-8-3-5-11(15-2,6-4-8)10-13-9(7-12)16-14-10/h8H,3-7,12H2,1-2H3. The molecule has 5 heteroatoms. The second-order valence-corrected chi connectivity index (χ2v) is 4.60. The first-order chi connectivity index (χ1) is 7.70. The van der Waals surface area contributed by atoms with Gasteiger partial charge in [-0.15, -0.1) is 0 Å². The summed E-state index contributed by atoms with van der Waals surface area (Å²) in [6, 6.07) is 0. The lowest BCUT2D eigenvalue weighted by atomic mass is 9.79. The molecule has 5 nitrogen and oxygen atoms in total. The van der Waals surface area contributed by atoms with E-state index in [0.717, 1.165) is 31.6 Å². The average molecular weight is 225 g/mol. The number of rotatable bonds is 3. The van der Waals surface area contributed by atoms with Crippen LogP contribution in [0.2, 0.25) is 0 Å². The zero-order chi connectivity index (χ0) is 11.6. The predicted molar refractivity (Wildman–Crippen MR) is 58.5 cm³/mol. The van der Waals surface area contributed by atoms with E-state index in [1.54, 1.807) is 7.11 Å². The van der Waals surface area contributed by atoms with Crippen LogP contribution in [0.25, 0.3) is 0 Å². The number of hydrogen-bond acceptors (Lipinski definition) is 5. The van der Waals surface area contributed by atoms with Crippen LogP contribution < -0.4 is 5.73 Å². The smallest absolute Gasteiger partial charge is 0.240 e. The van der Waals surface area contributed by atoms with Crippen LogP contribution in [0.1, 0.15) is 44.3 Å². The number of hydrogen-bond donors (Lipinski definition) is 1. The number of aromatic nitrogens is 2. The van der Waals surface area contributed by atoms with E-state index >= 15 is 0 Å². The SMILES string of the molecule is COC1(c2noc(CN)n2)CCC(C)CC1. The fraction of sp³-hybridized carbons (Fsp3) is 0.818. The van der Waals surface area contributed by atoms with Crippen molar-refractivity contribution in [3.05, 3.63) is 11.7 Å². The van der Waals surface area contributed by atoms with Crippen molar-refractivity contribution in [2.24, 2.45) is 11.7 Å². The van der Waals surface area contributed by atoms with Crippen LogP contribution in [-0.4, -0.2) is 17.3 Å². The third-order valence-electron chi connectivity index (χ3n) is 3.52. The summed E-state index contributed by atoms with van der Waals surface area (Å²) < 4.78 is 10.7. The number of nitrogens with zero attached hydrogens (tertiary/aromatic N) is 2. The maximum Gasteiger partial charge on any atom is 0.240 e. The predicted octanol–water partition coefficient (Wildman–Crippen LogP) is 1.58. The molecule has 1 fully saturated rings. The van der Waals surface area contributed by atoms with Gasteiger partial charge in [0.05, 0.1) is 6.54 Å². The van der Waals surface area contributed by atoms with Crippen LogP contribution in [0.3, 0.4) is 0 Å². The Balaban J connectivity index is 2.20. The number of methoxy groups -OCH3 is 1. The summed E-state index contributed by atoms with van der Waals surface area (Å²) in [6.45, 7) is 2.55. The van der Waals surface area contributed by atoms with Gasteiger partial charge in [-0.3, -0.25) is 0 Å². The van der Waals surface area contributed by atoms with Gasteiger partial charge in [-0.2, -0.15) is 4.98 Å². The molecule has 0 aliphatic heterocycles. The van der Waals surface area contributed by atoms with Gasteiger partial charge >= 0.3 is 0 Å². The Labute approximate surface area is 95.3 Å². The van der Waals surface area contributed by atoms with Gasteiger partial charge in [-0.1, -0.05) is 12.1 Å². The molecule has 1 aliphatic carbocycles. The van der Waals surface area contributed by atoms with Crippen molar-refractivity contribution in [2.45, 2.75) is 44.8 Å². The first-order valence-corrected chi connectivity index (χ1v) is 5.78. The summed E-state index contributed by atoms with van der Waals surface area (Å²) in [6.07, 6.45) is 4.18. The number of ether oxygens (including phenoxy) is 1. The van der Waals surface area contributed by atoms with Gasteiger partial charge in [-0.05, 0) is 31.6 Å². The highest BCUT2D eigenvalue weighted by atomic mass is 16.5. The van der Waals surface area contributed by atoms with Gasteiger partial charge < -0.3 is 15.0 Å². The molecule has 90 valence electrons. The molecular weight excluding hydrogens is 206 g/mol. The van der Waals surface area contributed by atoms with Crippen LogP contribution in [-0.2, 0) is 16.9 Å². The fourth-order valence-electron chi connectivity index (χ4n) is 2.27. The van der Waals surface area contributed by atoms with Crippen molar-refractivity contribution < 1.29 is 9.26 Å². The minimum atomic E-state index is -0.358. The molecule has 1 heterocycles. The van der Waals surface area contributed by atoms with Crippen molar-refractivity contribution in [1.29, 1.82) is 0 Å². The summed E-state index contributed by atoms with van der Waals surface area (Å²) in [5.74, 6) is 1.89. The van der Waals surface area contributed by atoms with Crippen LogP contribution in [0.4, 0.5) is 0 Å². The Morgan fingerprint density at radius 3 is 2.69 bits per heavy atom. The summed E-state index contributed by atoms with van der Waals surface area (Å²) >= 11 is 0. The molecule has 1 aliphatic rings. The minimum Gasteiger partial charge on any atom is -0.370 e. The molecule has 0 aromatic carbocycles. The molecule has 0 saturated heterocycles. The van der Waals surface area contributed by atoms with E-state index in [1.165, 1.54) is 0 Å². The molecule has 1 aromatic rings. The molecule has 2 N–H and O–H groups in total. The fourth-order valence-corrected chi connectivity index (χ4v) is 2.27. The molecule has 0 radical (unpaired) electrons. The van der Waals surface area contributed by atoms with Gasteiger partial charge in [0.2, 0.25) is 11.7 Å². The van der Waals surface area contributed by atoms with Crippen LogP contribution >= 0.6 is 0 Å². The van der Waals surface area contributed by atoms with Gasteiger partial charge in [-0.25, -0.2) is 0 Å². The summed E-state index contributed by atoms with van der Waals surface area (Å²) in [4.78, 5) is 4.29. The Bertz CT molecular complexity index is 343. The first-order valence-electron chi connectivity index (χ1n) is 5.78. The van der Waals surface area contributed by atoms with Gasteiger partial charge in [0.1, 0.15) is 5.60 Å². The summed E-state index contributed by atoms with van der Waals surface area (Å²) in [7, 11) is 1.72. The van der Waals surface area contributed by atoms with Gasteiger partial charge in [0.15, 0.2) is 0 Å². The van der Waals surface area contributed by atoms with E-state index in [1.807, 2.05) is 0 Å². The van der Waals surface area contributed by atoms with Crippen molar-refractivity contribution in [2.75, 3.05) is 7.11 Å². The van der Waals surface area contributed by atoms with E-state index < -0.39 is 0 Å². The molecule has 1 aromatic heterocycles. The Morgan fingerprint density at radius 2 is 2.19 bits per heavy atom. The van der Waals surface area contributed by atoms with Crippen molar-refractivity contribution in [1.82, 2.24) is 10.1 Å². The molecule has 0 atom stereocenters.